The molecule has 1 aliphatic carbocycles. The number of benzene rings is 3. The molecule has 9 heteroatoms. The molecule has 0 fully saturated rings. The van der Waals surface area contributed by atoms with Crippen LogP contribution in [-0.2, 0) is 23.1 Å². The van der Waals surface area contributed by atoms with Gasteiger partial charge in [-0.3, -0.25) is 9.10 Å². The number of anilines is 2. The van der Waals surface area contributed by atoms with Crippen molar-refractivity contribution in [2.24, 2.45) is 17.8 Å². The van der Waals surface area contributed by atoms with Crippen molar-refractivity contribution in [3.63, 3.8) is 0 Å². The first-order valence-electron chi connectivity index (χ1n) is 15.3. The summed E-state index contributed by atoms with van der Waals surface area (Å²) in [5.74, 6) is 0.0637. The van der Waals surface area contributed by atoms with Crippen molar-refractivity contribution in [1.29, 1.82) is 0 Å². The van der Waals surface area contributed by atoms with Gasteiger partial charge in [-0.05, 0) is 72.9 Å². The lowest BCUT2D eigenvalue weighted by Gasteiger charge is -2.39. The summed E-state index contributed by atoms with van der Waals surface area (Å²) in [7, 11) is -4.10. The molecule has 0 saturated carbocycles. The third kappa shape index (κ3) is 4.93. The Kier molecular flexibility index (Phi) is 6.96. The van der Waals surface area contributed by atoms with Crippen LogP contribution in [0, 0.1) is 31.6 Å². The van der Waals surface area contributed by atoms with Crippen molar-refractivity contribution in [2.75, 3.05) is 15.6 Å². The van der Waals surface area contributed by atoms with Crippen LogP contribution in [-0.4, -0.2) is 30.7 Å². The number of ketones is 1. The summed E-state index contributed by atoms with van der Waals surface area (Å²) in [5, 5.41) is 0. The van der Waals surface area contributed by atoms with Crippen LogP contribution in [0.3, 0.4) is 0 Å². The molecule has 0 saturated heterocycles. The molecule has 4 aromatic rings. The Labute approximate surface area is 258 Å². The van der Waals surface area contributed by atoms with Gasteiger partial charge in [0.1, 0.15) is 6.10 Å². The maximum Gasteiger partial charge on any atom is 0.326 e. The Morgan fingerprint density at radius 2 is 1.75 bits per heavy atom. The summed E-state index contributed by atoms with van der Waals surface area (Å²) in [6.07, 6.45) is 1.46. The van der Waals surface area contributed by atoms with Gasteiger partial charge in [-0.25, -0.2) is 9.71 Å². The minimum atomic E-state index is -4.10. The number of nitrogens with zero attached hydrogens (tertiary/aromatic N) is 3. The largest absolute Gasteiger partial charge is 0.469 e. The molecular weight excluding hydrogens is 572 g/mol. The lowest BCUT2D eigenvalue weighted by atomic mass is 9.68. The minimum absolute atomic E-state index is 0.00965. The molecule has 1 aromatic heterocycles. The van der Waals surface area contributed by atoms with Crippen molar-refractivity contribution in [3.05, 3.63) is 100 Å². The highest BCUT2D eigenvalue weighted by molar-refractivity contribution is 7.94. The molecule has 44 heavy (non-hydrogen) atoms. The Morgan fingerprint density at radius 3 is 2.52 bits per heavy atom. The summed E-state index contributed by atoms with van der Waals surface area (Å²) in [5.41, 5.74) is 7.52. The van der Waals surface area contributed by atoms with Crippen LogP contribution < -0.4 is 13.8 Å². The van der Waals surface area contributed by atoms with Crippen molar-refractivity contribution in [3.8, 4) is 17.1 Å². The van der Waals surface area contributed by atoms with Crippen molar-refractivity contribution in [2.45, 2.75) is 53.1 Å². The molecule has 7 rings (SSSR count). The fourth-order valence-electron chi connectivity index (χ4n) is 7.24. The van der Waals surface area contributed by atoms with Gasteiger partial charge in [0, 0.05) is 35.6 Å². The fourth-order valence-corrected chi connectivity index (χ4v) is 8.44. The minimum Gasteiger partial charge on any atom is -0.469 e. The summed E-state index contributed by atoms with van der Waals surface area (Å²) in [6, 6.07) is 21.4. The quantitative estimate of drug-likeness (QED) is 0.280. The first-order chi connectivity index (χ1) is 21.1. The Balaban J connectivity index is 1.48. The van der Waals surface area contributed by atoms with Crippen LogP contribution >= 0.6 is 0 Å². The lowest BCUT2D eigenvalue weighted by molar-refractivity contribution is 0.0505. The van der Waals surface area contributed by atoms with E-state index in [-0.39, 0.29) is 36.0 Å². The van der Waals surface area contributed by atoms with Crippen molar-refractivity contribution < 1.29 is 17.9 Å². The van der Waals surface area contributed by atoms with Crippen molar-refractivity contribution in [1.82, 2.24) is 9.97 Å². The number of carbonyl (C=O) groups is 1. The molecule has 0 radical (unpaired) electrons. The highest BCUT2D eigenvalue weighted by Crippen LogP contribution is 2.46. The van der Waals surface area contributed by atoms with Crippen LogP contribution in [0.4, 0.5) is 11.6 Å². The van der Waals surface area contributed by atoms with E-state index in [0.717, 1.165) is 39.8 Å². The average molecular weight is 609 g/mol. The topological polar surface area (TPSA) is 101 Å². The van der Waals surface area contributed by atoms with Crippen LogP contribution in [0.1, 0.15) is 64.5 Å². The Hall–Kier alpha value is -4.24. The molecule has 2 aliphatic heterocycles. The fraction of sp³-hybridized carbons (Fsp3) is 0.343. The number of fused-ring (bicyclic) bond motifs is 7. The third-order valence-electron chi connectivity index (χ3n) is 9.21. The van der Waals surface area contributed by atoms with Gasteiger partial charge in [-0.2, -0.15) is 13.4 Å². The molecule has 1 unspecified atom stereocenters. The molecule has 3 aromatic carbocycles. The van der Waals surface area contributed by atoms with E-state index in [0.29, 0.717) is 35.7 Å². The third-order valence-corrected chi connectivity index (χ3v) is 10.6. The van der Waals surface area contributed by atoms with Gasteiger partial charge < -0.3 is 4.74 Å². The zero-order chi connectivity index (χ0) is 30.7. The molecule has 3 aliphatic rings. The van der Waals surface area contributed by atoms with E-state index in [1.54, 1.807) is 12.1 Å². The Morgan fingerprint density at radius 1 is 0.977 bits per heavy atom. The number of nitrogens with one attached hydrogen (secondary N) is 1. The molecule has 6 bridgehead atoms. The second-order valence-electron chi connectivity index (χ2n) is 12.7. The van der Waals surface area contributed by atoms with E-state index >= 15 is 0 Å². The molecular formula is C35H36N4O4S. The van der Waals surface area contributed by atoms with E-state index in [4.69, 9.17) is 9.72 Å². The van der Waals surface area contributed by atoms with E-state index < -0.39 is 16.3 Å². The summed E-state index contributed by atoms with van der Waals surface area (Å²) >= 11 is 0. The lowest BCUT2D eigenvalue weighted by Crippen LogP contribution is -2.39. The van der Waals surface area contributed by atoms with E-state index in [9.17, 15) is 13.2 Å². The van der Waals surface area contributed by atoms with Gasteiger partial charge in [0.15, 0.2) is 5.78 Å². The number of aryl methyl sites for hydroxylation is 2. The number of carbonyl (C=O) groups excluding carboxylic acids is 1. The SMILES string of the molecule is Cc1cccc(C)c1-c1cc2nc(n1)NS(=O)(=O)N1CCc3ccc(cc31)C(=O)C1Cc3ccccc3[C@@H](O2)[C@H]1CC(C)C. The molecule has 226 valence electrons. The number of ether oxygens (including phenoxy) is 1. The maximum absolute atomic E-state index is 14.4. The van der Waals surface area contributed by atoms with Gasteiger partial charge in [-0.15, -0.1) is 0 Å². The standard InChI is InChI=1S/C35H36N4O4S/c1-20(2)16-28-27-17-24-10-5-6-11-26(24)34(28)43-31-19-29(32-21(3)8-7-9-22(32)4)36-35(37-31)38-44(41,42)39-15-14-23-12-13-25(33(27)40)18-30(23)39/h5-13,18-20,27-28,34H,14-17H2,1-4H3,(H,36,37,38)/t27?,28-,34+/m0/s1. The Bertz CT molecular complexity index is 1880. The van der Waals surface area contributed by atoms with E-state index in [2.05, 4.69) is 35.7 Å². The van der Waals surface area contributed by atoms with E-state index in [1.807, 2.05) is 56.3 Å². The average Bonchev–Trinajstić information content (AvgIpc) is 3.41. The summed E-state index contributed by atoms with van der Waals surface area (Å²) in [6.45, 7) is 8.61. The van der Waals surface area contributed by atoms with Crippen LogP contribution in [0.15, 0.2) is 66.7 Å². The maximum atomic E-state index is 14.4. The number of Topliss-reactive ketones (excluding diaryl/α,β-unsaturated/α-hetero) is 1. The summed E-state index contributed by atoms with van der Waals surface area (Å²) in [4.78, 5) is 23.8. The first-order valence-corrected chi connectivity index (χ1v) is 16.7. The monoisotopic (exact) mass is 608 g/mol. The van der Waals surface area contributed by atoms with E-state index in [1.165, 1.54) is 4.31 Å². The van der Waals surface area contributed by atoms with Gasteiger partial charge in [-0.1, -0.05) is 68.4 Å². The van der Waals surface area contributed by atoms with Crippen LogP contribution in [0.25, 0.3) is 11.3 Å². The van der Waals surface area contributed by atoms with Crippen LogP contribution in [0.2, 0.25) is 0 Å². The predicted octanol–water partition coefficient (Wildman–Crippen LogP) is 6.63. The molecule has 3 heterocycles. The molecule has 0 spiro atoms. The highest BCUT2D eigenvalue weighted by atomic mass is 32.2. The molecule has 3 atom stereocenters. The molecule has 1 N–H and O–H groups in total. The number of hydrogen-bond donors (Lipinski definition) is 1. The number of aromatic nitrogens is 2. The zero-order valence-electron chi connectivity index (χ0n) is 25.4. The zero-order valence-corrected chi connectivity index (χ0v) is 26.2. The highest BCUT2D eigenvalue weighted by Gasteiger charge is 2.43. The normalized spacial score (nSPS) is 21.7. The second kappa shape index (κ2) is 10.7. The molecule has 8 nitrogen and oxygen atoms in total. The number of rotatable bonds is 3. The molecule has 0 amide bonds. The summed E-state index contributed by atoms with van der Waals surface area (Å²) < 4.78 is 38.5. The van der Waals surface area contributed by atoms with Crippen LogP contribution in [0.5, 0.6) is 5.88 Å². The van der Waals surface area contributed by atoms with Crippen molar-refractivity contribution >= 4 is 27.6 Å². The smallest absolute Gasteiger partial charge is 0.326 e. The second-order valence-corrected chi connectivity index (χ2v) is 14.3. The van der Waals surface area contributed by atoms with Gasteiger partial charge in [0.25, 0.3) is 0 Å². The van der Waals surface area contributed by atoms with Gasteiger partial charge in [0.2, 0.25) is 11.8 Å². The predicted molar refractivity (Wildman–Crippen MR) is 171 cm³/mol. The number of hydrogen-bond acceptors (Lipinski definition) is 6. The van der Waals surface area contributed by atoms with Gasteiger partial charge >= 0.3 is 10.2 Å². The first kappa shape index (κ1) is 28.5. The van der Waals surface area contributed by atoms with Gasteiger partial charge in [0.05, 0.1) is 11.4 Å².